The van der Waals surface area contributed by atoms with Gasteiger partial charge >= 0.3 is 5.97 Å². The Morgan fingerprint density at radius 2 is 1.81 bits per heavy atom. The van der Waals surface area contributed by atoms with Crippen LogP contribution in [-0.2, 0) is 0 Å². The third kappa shape index (κ3) is 7.13. The van der Waals surface area contributed by atoms with Crippen LogP contribution in [0, 0.1) is 10.1 Å². The largest absolute Gasteiger partial charge is 0.494 e. The van der Waals surface area contributed by atoms with Gasteiger partial charge in [-0.1, -0.05) is 19.4 Å². The summed E-state index contributed by atoms with van der Waals surface area (Å²) in [4.78, 5) is 35.0. The summed E-state index contributed by atoms with van der Waals surface area (Å²) in [5.74, 6) is 0.0208. The Labute approximate surface area is 207 Å². The summed E-state index contributed by atoms with van der Waals surface area (Å²) >= 11 is 0. The number of ether oxygens (including phenoxy) is 3. The van der Waals surface area contributed by atoms with Crippen LogP contribution < -0.4 is 19.6 Å². The number of amides is 1. The normalized spacial score (nSPS) is 10.6. The molecule has 0 spiro atoms. The Kier molecular flexibility index (Phi) is 9.10. The zero-order valence-electron chi connectivity index (χ0n) is 19.8. The number of rotatable bonds is 11. The molecule has 0 fully saturated rings. The summed E-state index contributed by atoms with van der Waals surface area (Å²) < 4.78 is 16.4. The van der Waals surface area contributed by atoms with Crippen LogP contribution in [0.1, 0.15) is 46.0 Å². The van der Waals surface area contributed by atoms with E-state index in [1.807, 2.05) is 0 Å². The minimum absolute atomic E-state index is 0.0988. The smallest absolute Gasteiger partial charge is 0.343 e. The maximum atomic E-state index is 12.6. The highest BCUT2D eigenvalue weighted by Crippen LogP contribution is 2.28. The van der Waals surface area contributed by atoms with Crippen molar-refractivity contribution in [1.82, 2.24) is 5.43 Å². The van der Waals surface area contributed by atoms with Crippen molar-refractivity contribution in [2.24, 2.45) is 5.10 Å². The van der Waals surface area contributed by atoms with Crippen molar-refractivity contribution in [3.63, 3.8) is 0 Å². The number of hydrogen-bond acceptors (Lipinski definition) is 8. The maximum Gasteiger partial charge on any atom is 0.343 e. The number of nitro groups is 1. The second-order valence-corrected chi connectivity index (χ2v) is 7.53. The second kappa shape index (κ2) is 12.7. The molecule has 0 aromatic heterocycles. The standard InChI is InChI=1S/C26H25N3O7/c1-3-4-14-35-22-11-9-19(10-12-22)26(31)36-23-13-8-18(15-24(23)34-2)17-27-28-25(30)20-6-5-7-21(16-20)29(32)33/h5-13,15-17H,3-4,14H2,1-2H3,(H,28,30). The predicted octanol–water partition coefficient (Wildman–Crippen LogP) is 4.77. The number of carbonyl (C=O) groups is 2. The Hall–Kier alpha value is -4.73. The highest BCUT2D eigenvalue weighted by Gasteiger charge is 2.14. The lowest BCUT2D eigenvalue weighted by molar-refractivity contribution is -0.384. The van der Waals surface area contributed by atoms with Crippen LogP contribution in [0.2, 0.25) is 0 Å². The van der Waals surface area contributed by atoms with Gasteiger partial charge in [-0.05, 0) is 60.5 Å². The second-order valence-electron chi connectivity index (χ2n) is 7.53. The van der Waals surface area contributed by atoms with E-state index in [-0.39, 0.29) is 22.7 Å². The summed E-state index contributed by atoms with van der Waals surface area (Å²) in [5.41, 5.74) is 3.12. The molecular formula is C26H25N3O7. The molecule has 0 aliphatic heterocycles. The van der Waals surface area contributed by atoms with Crippen LogP contribution in [0.5, 0.6) is 17.2 Å². The molecule has 0 aliphatic carbocycles. The third-order valence-electron chi connectivity index (χ3n) is 4.95. The number of nitrogens with zero attached hydrogens (tertiary/aromatic N) is 2. The molecule has 0 bridgehead atoms. The molecule has 3 rings (SSSR count). The monoisotopic (exact) mass is 491 g/mol. The maximum absolute atomic E-state index is 12.6. The summed E-state index contributed by atoms with van der Waals surface area (Å²) in [5, 5.41) is 14.7. The number of nitrogens with one attached hydrogen (secondary N) is 1. The van der Waals surface area contributed by atoms with Gasteiger partial charge in [-0.2, -0.15) is 5.10 Å². The first-order chi connectivity index (χ1) is 17.4. The van der Waals surface area contributed by atoms with Crippen LogP contribution in [0.25, 0.3) is 0 Å². The molecule has 0 heterocycles. The molecule has 0 unspecified atom stereocenters. The van der Waals surface area contributed by atoms with E-state index in [4.69, 9.17) is 14.2 Å². The van der Waals surface area contributed by atoms with E-state index in [1.165, 1.54) is 31.5 Å². The van der Waals surface area contributed by atoms with Gasteiger partial charge in [0.2, 0.25) is 0 Å². The number of esters is 1. The lowest BCUT2D eigenvalue weighted by atomic mass is 10.2. The van der Waals surface area contributed by atoms with Gasteiger partial charge in [-0.25, -0.2) is 10.2 Å². The zero-order valence-corrected chi connectivity index (χ0v) is 19.8. The summed E-state index contributed by atoms with van der Waals surface area (Å²) in [6.45, 7) is 2.70. The first-order valence-electron chi connectivity index (χ1n) is 11.1. The Bertz CT molecular complexity index is 1260. The van der Waals surface area contributed by atoms with Gasteiger partial charge in [0.25, 0.3) is 11.6 Å². The number of methoxy groups -OCH3 is 1. The lowest BCUT2D eigenvalue weighted by Gasteiger charge is -2.10. The van der Waals surface area contributed by atoms with E-state index in [9.17, 15) is 19.7 Å². The molecule has 10 heteroatoms. The number of non-ortho nitro benzene ring substituents is 1. The predicted molar refractivity (Wildman–Crippen MR) is 133 cm³/mol. The van der Waals surface area contributed by atoms with Crippen molar-refractivity contribution in [3.05, 3.63) is 93.5 Å². The molecule has 36 heavy (non-hydrogen) atoms. The highest BCUT2D eigenvalue weighted by molar-refractivity contribution is 5.95. The van der Waals surface area contributed by atoms with Gasteiger partial charge < -0.3 is 14.2 Å². The number of hydrazone groups is 1. The highest BCUT2D eigenvalue weighted by atomic mass is 16.6. The fourth-order valence-corrected chi connectivity index (χ4v) is 3.02. The zero-order chi connectivity index (χ0) is 25.9. The van der Waals surface area contributed by atoms with Gasteiger partial charge in [-0.15, -0.1) is 0 Å². The third-order valence-corrected chi connectivity index (χ3v) is 4.95. The number of benzene rings is 3. The van der Waals surface area contributed by atoms with Gasteiger partial charge in [0.05, 0.1) is 30.4 Å². The van der Waals surface area contributed by atoms with Crippen molar-refractivity contribution in [1.29, 1.82) is 0 Å². The molecular weight excluding hydrogens is 466 g/mol. The topological polar surface area (TPSA) is 129 Å². The molecule has 1 N–H and O–H groups in total. The minimum Gasteiger partial charge on any atom is -0.494 e. The molecule has 0 saturated carbocycles. The molecule has 0 radical (unpaired) electrons. The number of nitro benzene ring substituents is 1. The van der Waals surface area contributed by atoms with E-state index >= 15 is 0 Å². The average Bonchev–Trinajstić information content (AvgIpc) is 2.89. The molecule has 3 aromatic rings. The Morgan fingerprint density at radius 3 is 2.50 bits per heavy atom. The number of carbonyl (C=O) groups excluding carboxylic acids is 2. The van der Waals surface area contributed by atoms with Crippen LogP contribution in [-0.4, -0.2) is 36.7 Å². The summed E-state index contributed by atoms with van der Waals surface area (Å²) in [6.07, 6.45) is 3.35. The van der Waals surface area contributed by atoms with Crippen LogP contribution in [0.15, 0.2) is 71.8 Å². The molecule has 0 saturated heterocycles. The SMILES string of the molecule is CCCCOc1ccc(C(=O)Oc2ccc(C=NNC(=O)c3cccc([N+](=O)[O-])c3)cc2OC)cc1. The van der Waals surface area contributed by atoms with Gasteiger partial charge in [-0.3, -0.25) is 14.9 Å². The Morgan fingerprint density at radius 1 is 1.03 bits per heavy atom. The first kappa shape index (κ1) is 25.9. The van der Waals surface area contributed by atoms with Crippen molar-refractivity contribution in [2.75, 3.05) is 13.7 Å². The Balaban J connectivity index is 1.62. The van der Waals surface area contributed by atoms with Crippen LogP contribution >= 0.6 is 0 Å². The fraction of sp³-hybridized carbons (Fsp3) is 0.192. The van der Waals surface area contributed by atoms with Gasteiger partial charge in [0, 0.05) is 17.7 Å². The van der Waals surface area contributed by atoms with Crippen molar-refractivity contribution in [2.45, 2.75) is 19.8 Å². The van der Waals surface area contributed by atoms with Crippen molar-refractivity contribution >= 4 is 23.8 Å². The average molecular weight is 492 g/mol. The van der Waals surface area contributed by atoms with E-state index in [0.29, 0.717) is 23.5 Å². The van der Waals surface area contributed by atoms with Gasteiger partial charge in [0.1, 0.15) is 5.75 Å². The van der Waals surface area contributed by atoms with Crippen LogP contribution in [0.3, 0.4) is 0 Å². The fourth-order valence-electron chi connectivity index (χ4n) is 3.02. The number of unbranched alkanes of at least 4 members (excludes halogenated alkanes) is 1. The van der Waals surface area contributed by atoms with Gasteiger partial charge in [0.15, 0.2) is 11.5 Å². The van der Waals surface area contributed by atoms with E-state index < -0.39 is 16.8 Å². The van der Waals surface area contributed by atoms with E-state index in [0.717, 1.165) is 18.9 Å². The molecule has 10 nitrogen and oxygen atoms in total. The molecule has 1 amide bonds. The van der Waals surface area contributed by atoms with Crippen molar-refractivity contribution in [3.8, 4) is 17.2 Å². The van der Waals surface area contributed by atoms with E-state index in [2.05, 4.69) is 17.5 Å². The summed E-state index contributed by atoms with van der Waals surface area (Å²) in [7, 11) is 1.43. The molecule has 3 aromatic carbocycles. The lowest BCUT2D eigenvalue weighted by Crippen LogP contribution is -2.17. The molecule has 186 valence electrons. The van der Waals surface area contributed by atoms with Crippen molar-refractivity contribution < 1.29 is 28.7 Å². The molecule has 0 atom stereocenters. The summed E-state index contributed by atoms with van der Waals surface area (Å²) in [6, 6.07) is 16.7. The van der Waals surface area contributed by atoms with E-state index in [1.54, 1.807) is 42.5 Å². The minimum atomic E-state index is -0.603. The van der Waals surface area contributed by atoms with Crippen LogP contribution in [0.4, 0.5) is 5.69 Å². The number of hydrogen-bond donors (Lipinski definition) is 1. The first-order valence-corrected chi connectivity index (χ1v) is 11.1. The molecule has 0 aliphatic rings. The quantitative estimate of drug-likeness (QED) is 0.102.